The number of hydrogen-bond donors (Lipinski definition) is 5. The lowest BCUT2D eigenvalue weighted by molar-refractivity contribution is 0.281. The second-order valence-electron chi connectivity index (χ2n) is 3.47. The molecule has 0 radical (unpaired) electrons. The molecule has 0 aromatic carbocycles. The number of aromatic nitrogens is 3. The first-order valence-electron chi connectivity index (χ1n) is 5.05. The number of imidazole rings is 1. The summed E-state index contributed by atoms with van der Waals surface area (Å²) in [6.45, 7) is 0.976. The number of rotatable bonds is 5. The van der Waals surface area contributed by atoms with Gasteiger partial charge in [-0.25, -0.2) is 0 Å². The van der Waals surface area contributed by atoms with Crippen molar-refractivity contribution >= 4 is 22.9 Å². The molecule has 0 saturated carbocycles. The Morgan fingerprint density at radius 2 is 1.94 bits per heavy atom. The van der Waals surface area contributed by atoms with Crippen molar-refractivity contribution in [2.24, 2.45) is 0 Å². The maximum absolute atomic E-state index is 8.91. The fourth-order valence-electron chi connectivity index (χ4n) is 1.66. The molecule has 2 heterocycles. The van der Waals surface area contributed by atoms with Crippen LogP contribution in [0.2, 0.25) is 0 Å². The first-order chi connectivity index (χ1) is 7.74. The van der Waals surface area contributed by atoms with Gasteiger partial charge >= 0.3 is 0 Å². The lowest BCUT2D eigenvalue weighted by Gasteiger charge is -2.20. The maximum atomic E-state index is 8.91. The van der Waals surface area contributed by atoms with Gasteiger partial charge in [-0.2, -0.15) is 4.98 Å². The Hall–Kier alpha value is -1.73. The Balaban J connectivity index is 2.25. The molecule has 0 aliphatic heterocycles. The van der Waals surface area contributed by atoms with Gasteiger partial charge in [0.2, 0.25) is 0 Å². The number of hydrogen-bond acceptors (Lipinski definition) is 5. The molecule has 0 atom stereocenters. The van der Waals surface area contributed by atoms with Gasteiger partial charge < -0.3 is 30.8 Å². The number of fused-ring (bicyclic) bond motifs is 1. The van der Waals surface area contributed by atoms with Crippen molar-refractivity contribution in [1.29, 1.82) is 0 Å². The van der Waals surface area contributed by atoms with Crippen LogP contribution in [0.5, 0.6) is 0 Å². The molecule has 7 heteroatoms. The highest BCUT2D eigenvalue weighted by molar-refractivity contribution is 5.79. The van der Waals surface area contributed by atoms with Crippen LogP contribution in [0, 0.1) is 0 Å². The Labute approximate surface area is 91.9 Å². The zero-order valence-electron chi connectivity index (χ0n) is 8.77. The number of nitrogen functional groups attached to an aromatic ring is 1. The van der Waals surface area contributed by atoms with E-state index in [1.165, 1.54) is 0 Å². The fraction of sp³-hybridized carbons (Fsp3) is 0.444. The number of H-pyrrole nitrogens is 2. The maximum Gasteiger partial charge on any atom is 0.199 e. The van der Waals surface area contributed by atoms with Crippen LogP contribution < -0.4 is 10.6 Å². The molecule has 2 aromatic rings. The summed E-state index contributed by atoms with van der Waals surface area (Å²) in [4.78, 5) is 11.9. The van der Waals surface area contributed by atoms with Gasteiger partial charge in [0.15, 0.2) is 11.6 Å². The van der Waals surface area contributed by atoms with E-state index in [0.29, 0.717) is 24.7 Å². The minimum absolute atomic E-state index is 0.0303. The smallest absolute Gasteiger partial charge is 0.199 e. The molecule has 0 saturated heterocycles. The summed E-state index contributed by atoms with van der Waals surface area (Å²) >= 11 is 0. The van der Waals surface area contributed by atoms with Crippen LogP contribution in [0.1, 0.15) is 0 Å². The van der Waals surface area contributed by atoms with Crippen molar-refractivity contribution in [2.45, 2.75) is 0 Å². The molecule has 6 N–H and O–H groups in total. The van der Waals surface area contributed by atoms with Crippen molar-refractivity contribution < 1.29 is 10.2 Å². The van der Waals surface area contributed by atoms with E-state index in [9.17, 15) is 0 Å². The number of nitrogens with one attached hydrogen (secondary N) is 2. The summed E-state index contributed by atoms with van der Waals surface area (Å²) in [5.74, 6) is 1.17. The van der Waals surface area contributed by atoms with E-state index in [-0.39, 0.29) is 13.2 Å². The van der Waals surface area contributed by atoms with Crippen molar-refractivity contribution in [3.05, 3.63) is 6.07 Å². The molecule has 0 spiro atoms. The van der Waals surface area contributed by atoms with Crippen molar-refractivity contribution in [3.63, 3.8) is 0 Å². The van der Waals surface area contributed by atoms with Crippen LogP contribution in [0.3, 0.4) is 0 Å². The van der Waals surface area contributed by atoms with Gasteiger partial charge in [-0.1, -0.05) is 0 Å². The first kappa shape index (κ1) is 10.8. The van der Waals surface area contributed by atoms with E-state index in [0.717, 1.165) is 11.3 Å². The largest absolute Gasteiger partial charge is 0.395 e. The highest BCUT2D eigenvalue weighted by Crippen LogP contribution is 2.20. The third-order valence-corrected chi connectivity index (χ3v) is 2.36. The van der Waals surface area contributed by atoms with E-state index in [2.05, 4.69) is 15.0 Å². The molecule has 0 aliphatic carbocycles. The lowest BCUT2D eigenvalue weighted by Crippen LogP contribution is -2.29. The number of aromatic amines is 2. The standard InChI is InChI=1S/C9H15N5O2/c10-9-11-6-5-7(12-8(6)13-9)14(1-3-15)2-4-16/h5,12,15-16H,1-4H2,(H3,10,11,13). The topological polar surface area (TPSA) is 114 Å². The zero-order valence-corrected chi connectivity index (χ0v) is 8.77. The molecule has 2 rings (SSSR count). The van der Waals surface area contributed by atoms with Gasteiger partial charge in [-0.3, -0.25) is 0 Å². The SMILES string of the molecule is Nc1nc2[nH]c(N(CCO)CCO)cc2[nH]1. The molecule has 0 amide bonds. The Morgan fingerprint density at radius 1 is 1.25 bits per heavy atom. The number of nitrogens with zero attached hydrogens (tertiary/aromatic N) is 2. The molecular formula is C9H15N5O2. The number of aliphatic hydroxyl groups excluding tert-OH is 2. The molecule has 0 bridgehead atoms. The van der Waals surface area contributed by atoms with Crippen LogP contribution >= 0.6 is 0 Å². The molecular weight excluding hydrogens is 210 g/mol. The van der Waals surface area contributed by atoms with Gasteiger partial charge in [-0.05, 0) is 0 Å². The highest BCUT2D eigenvalue weighted by atomic mass is 16.3. The van der Waals surface area contributed by atoms with Gasteiger partial charge in [0.25, 0.3) is 0 Å². The molecule has 0 aliphatic rings. The molecule has 0 fully saturated rings. The van der Waals surface area contributed by atoms with Crippen LogP contribution in [-0.4, -0.2) is 51.5 Å². The summed E-state index contributed by atoms with van der Waals surface area (Å²) in [5.41, 5.74) is 6.99. The summed E-state index contributed by atoms with van der Waals surface area (Å²) in [7, 11) is 0. The van der Waals surface area contributed by atoms with Gasteiger partial charge in [0.05, 0.1) is 18.7 Å². The third kappa shape index (κ3) is 1.95. The molecule has 16 heavy (non-hydrogen) atoms. The minimum atomic E-state index is 0.0303. The number of aliphatic hydroxyl groups is 2. The van der Waals surface area contributed by atoms with E-state index < -0.39 is 0 Å². The van der Waals surface area contributed by atoms with E-state index in [1.807, 2.05) is 11.0 Å². The normalized spacial score (nSPS) is 11.1. The predicted molar refractivity (Wildman–Crippen MR) is 61.2 cm³/mol. The second kappa shape index (κ2) is 4.42. The summed E-state index contributed by atoms with van der Waals surface area (Å²) < 4.78 is 0. The second-order valence-corrected chi connectivity index (χ2v) is 3.47. The van der Waals surface area contributed by atoms with E-state index in [1.54, 1.807) is 0 Å². The van der Waals surface area contributed by atoms with Crippen molar-refractivity contribution in [3.8, 4) is 0 Å². The Morgan fingerprint density at radius 3 is 2.50 bits per heavy atom. The summed E-state index contributed by atoms with van der Waals surface area (Å²) in [6.07, 6.45) is 0. The van der Waals surface area contributed by atoms with Crippen molar-refractivity contribution in [1.82, 2.24) is 15.0 Å². The van der Waals surface area contributed by atoms with E-state index >= 15 is 0 Å². The average molecular weight is 225 g/mol. The molecule has 88 valence electrons. The monoisotopic (exact) mass is 225 g/mol. The van der Waals surface area contributed by atoms with Crippen LogP contribution in [0.15, 0.2) is 6.07 Å². The molecule has 0 unspecified atom stereocenters. The van der Waals surface area contributed by atoms with Gasteiger partial charge in [0, 0.05) is 19.2 Å². The van der Waals surface area contributed by atoms with Crippen LogP contribution in [-0.2, 0) is 0 Å². The third-order valence-electron chi connectivity index (χ3n) is 2.36. The lowest BCUT2D eigenvalue weighted by atomic mass is 10.4. The minimum Gasteiger partial charge on any atom is -0.395 e. The predicted octanol–water partition coefficient (Wildman–Crippen LogP) is -0.736. The fourth-order valence-corrected chi connectivity index (χ4v) is 1.66. The summed E-state index contributed by atoms with van der Waals surface area (Å²) in [5, 5.41) is 17.8. The Kier molecular flexibility index (Phi) is 2.97. The number of nitrogens with two attached hydrogens (primary N) is 1. The van der Waals surface area contributed by atoms with Crippen LogP contribution in [0.4, 0.5) is 11.8 Å². The summed E-state index contributed by atoms with van der Waals surface area (Å²) in [6, 6.07) is 1.85. The van der Waals surface area contributed by atoms with E-state index in [4.69, 9.17) is 15.9 Å². The molecule has 2 aromatic heterocycles. The van der Waals surface area contributed by atoms with Crippen LogP contribution in [0.25, 0.3) is 11.2 Å². The van der Waals surface area contributed by atoms with Gasteiger partial charge in [-0.15, -0.1) is 0 Å². The first-order valence-corrected chi connectivity index (χ1v) is 5.05. The van der Waals surface area contributed by atoms with Gasteiger partial charge in [0.1, 0.15) is 5.82 Å². The number of anilines is 2. The molecule has 7 nitrogen and oxygen atoms in total. The quantitative estimate of drug-likeness (QED) is 0.460. The highest BCUT2D eigenvalue weighted by Gasteiger charge is 2.10. The average Bonchev–Trinajstić information content (AvgIpc) is 2.74. The zero-order chi connectivity index (χ0) is 11.5. The Bertz CT molecular complexity index is 426. The van der Waals surface area contributed by atoms with Crippen molar-refractivity contribution in [2.75, 3.05) is 36.9 Å².